The van der Waals surface area contributed by atoms with Gasteiger partial charge in [0.1, 0.15) is 5.69 Å². The molecule has 0 atom stereocenters. The molecule has 0 N–H and O–H groups in total. The zero-order valence-electron chi connectivity index (χ0n) is 11.9. The first kappa shape index (κ1) is 13.5. The van der Waals surface area contributed by atoms with Crippen molar-refractivity contribution >= 4 is 11.3 Å². The van der Waals surface area contributed by atoms with E-state index in [1.165, 1.54) is 5.56 Å². The Labute approximate surface area is 128 Å². The molecule has 3 aromatic rings. The molecule has 2 aromatic heterocycles. The maximum absolute atomic E-state index is 4.34. The summed E-state index contributed by atoms with van der Waals surface area (Å²) in [5.41, 5.74) is 5.20. The van der Waals surface area contributed by atoms with Crippen molar-refractivity contribution in [3.63, 3.8) is 0 Å². The molecule has 0 aliphatic heterocycles. The van der Waals surface area contributed by atoms with E-state index >= 15 is 0 Å². The van der Waals surface area contributed by atoms with Gasteiger partial charge in [0.25, 0.3) is 0 Å². The highest BCUT2D eigenvalue weighted by Gasteiger charge is 1.99. The van der Waals surface area contributed by atoms with Gasteiger partial charge in [-0.2, -0.15) is 0 Å². The van der Waals surface area contributed by atoms with E-state index in [4.69, 9.17) is 0 Å². The molecule has 0 aliphatic carbocycles. The third-order valence-corrected chi connectivity index (χ3v) is 3.82. The van der Waals surface area contributed by atoms with Crippen molar-refractivity contribution in [1.29, 1.82) is 0 Å². The number of aromatic nitrogens is 2. The van der Waals surface area contributed by atoms with Crippen LogP contribution < -0.4 is 0 Å². The predicted molar refractivity (Wildman–Crippen MR) is 87.2 cm³/mol. The average Bonchev–Trinajstić information content (AvgIpc) is 2.91. The van der Waals surface area contributed by atoms with Gasteiger partial charge in [-0.05, 0) is 31.4 Å². The highest BCUT2D eigenvalue weighted by atomic mass is 32.1. The van der Waals surface area contributed by atoms with Crippen LogP contribution in [0.5, 0.6) is 0 Å². The van der Waals surface area contributed by atoms with Crippen molar-refractivity contribution in [2.45, 2.75) is 13.8 Å². The first-order chi connectivity index (χ1) is 10.2. The van der Waals surface area contributed by atoms with Gasteiger partial charge in [-0.3, -0.25) is 4.98 Å². The van der Waals surface area contributed by atoms with Gasteiger partial charge in [0.2, 0.25) is 0 Å². The lowest BCUT2D eigenvalue weighted by molar-refractivity contribution is 1.27. The molecule has 3 heteroatoms. The van der Waals surface area contributed by atoms with Gasteiger partial charge < -0.3 is 0 Å². The van der Waals surface area contributed by atoms with Crippen LogP contribution in [0.2, 0.25) is 0 Å². The number of aryl methyl sites for hydroxylation is 2. The van der Waals surface area contributed by atoms with Crippen LogP contribution >= 0.6 is 11.3 Å². The molecule has 0 bridgehead atoms. The van der Waals surface area contributed by atoms with Crippen LogP contribution in [0.25, 0.3) is 11.1 Å². The average molecular weight is 290 g/mol. The fourth-order valence-electron chi connectivity index (χ4n) is 2.05. The number of hydrogen-bond donors (Lipinski definition) is 0. The minimum atomic E-state index is 0.818. The van der Waals surface area contributed by atoms with Crippen LogP contribution in [0.15, 0.2) is 48.1 Å². The van der Waals surface area contributed by atoms with Gasteiger partial charge in [0.05, 0.1) is 5.01 Å². The third-order valence-electron chi connectivity index (χ3n) is 3.04. The molecule has 2 heterocycles. The van der Waals surface area contributed by atoms with Crippen molar-refractivity contribution in [1.82, 2.24) is 9.97 Å². The molecule has 1 aromatic carbocycles. The first-order valence-corrected chi connectivity index (χ1v) is 7.55. The lowest BCUT2D eigenvalue weighted by Gasteiger charge is -2.02. The van der Waals surface area contributed by atoms with Gasteiger partial charge in [-0.25, -0.2) is 4.98 Å². The van der Waals surface area contributed by atoms with E-state index in [0.717, 1.165) is 27.4 Å². The summed E-state index contributed by atoms with van der Waals surface area (Å²) in [7, 11) is 0. The molecule has 0 saturated carbocycles. The zero-order valence-corrected chi connectivity index (χ0v) is 12.7. The second kappa shape index (κ2) is 5.90. The van der Waals surface area contributed by atoms with Gasteiger partial charge in [0, 0.05) is 28.9 Å². The van der Waals surface area contributed by atoms with Gasteiger partial charge in [-0.15, -0.1) is 11.3 Å². The Balaban J connectivity index is 1.92. The van der Waals surface area contributed by atoms with Crippen LogP contribution in [-0.2, 0) is 0 Å². The van der Waals surface area contributed by atoms with E-state index in [2.05, 4.69) is 59.1 Å². The monoisotopic (exact) mass is 290 g/mol. The van der Waals surface area contributed by atoms with Crippen molar-refractivity contribution in [2.24, 2.45) is 0 Å². The fraction of sp³-hybridized carbons (Fsp3) is 0.111. The Hall–Kier alpha value is -2.44. The molecule has 0 saturated heterocycles. The van der Waals surface area contributed by atoms with Crippen molar-refractivity contribution in [2.75, 3.05) is 0 Å². The first-order valence-electron chi connectivity index (χ1n) is 6.67. The van der Waals surface area contributed by atoms with Crippen LogP contribution in [0.3, 0.4) is 0 Å². The molecule has 0 radical (unpaired) electrons. The number of hydrogen-bond acceptors (Lipinski definition) is 3. The topological polar surface area (TPSA) is 25.8 Å². The Kier molecular flexibility index (Phi) is 3.81. The summed E-state index contributed by atoms with van der Waals surface area (Å²) >= 11 is 1.61. The minimum absolute atomic E-state index is 0.818. The van der Waals surface area contributed by atoms with Crippen molar-refractivity contribution in [3.8, 4) is 23.0 Å². The normalized spacial score (nSPS) is 10.0. The number of rotatable bonds is 1. The summed E-state index contributed by atoms with van der Waals surface area (Å²) in [5.74, 6) is 6.21. The highest BCUT2D eigenvalue weighted by Crippen LogP contribution is 2.20. The largest absolute Gasteiger partial charge is 0.263 e. The van der Waals surface area contributed by atoms with E-state index in [9.17, 15) is 0 Å². The molecule has 0 amide bonds. The lowest BCUT2D eigenvalue weighted by atomic mass is 10.0. The summed E-state index contributed by atoms with van der Waals surface area (Å²) in [5, 5.41) is 3.01. The molecule has 0 spiro atoms. The van der Waals surface area contributed by atoms with E-state index in [1.54, 1.807) is 17.5 Å². The standard InChI is InChI=1S/C18H14N2S/c1-13-4-3-5-16(8-13)17-9-15(10-19-11-17)6-7-18-12-21-14(2)20-18/h3-5,8-12H,1-2H3. The Morgan fingerprint density at radius 2 is 1.90 bits per heavy atom. The minimum Gasteiger partial charge on any atom is -0.263 e. The summed E-state index contributed by atoms with van der Waals surface area (Å²) in [4.78, 5) is 8.63. The van der Waals surface area contributed by atoms with Gasteiger partial charge in [-0.1, -0.05) is 35.7 Å². The predicted octanol–water partition coefficient (Wildman–Crippen LogP) is 4.22. The summed E-state index contributed by atoms with van der Waals surface area (Å²) in [6.07, 6.45) is 3.65. The quantitative estimate of drug-likeness (QED) is 0.627. The van der Waals surface area contributed by atoms with Crippen LogP contribution in [0.1, 0.15) is 21.8 Å². The smallest absolute Gasteiger partial charge is 0.124 e. The number of nitrogens with zero attached hydrogens (tertiary/aromatic N) is 2. The van der Waals surface area contributed by atoms with Crippen LogP contribution in [-0.4, -0.2) is 9.97 Å². The molecule has 2 nitrogen and oxygen atoms in total. The number of pyridine rings is 1. The van der Waals surface area contributed by atoms with Crippen molar-refractivity contribution < 1.29 is 0 Å². The maximum Gasteiger partial charge on any atom is 0.124 e. The molecule has 0 unspecified atom stereocenters. The SMILES string of the molecule is Cc1cccc(-c2cncc(C#Cc3csc(C)n3)c2)c1. The van der Waals surface area contributed by atoms with Gasteiger partial charge in [0.15, 0.2) is 0 Å². The Bertz CT molecular complexity index is 837. The van der Waals surface area contributed by atoms with Crippen LogP contribution in [0.4, 0.5) is 0 Å². The van der Waals surface area contributed by atoms with E-state index in [0.29, 0.717) is 0 Å². The Morgan fingerprint density at radius 1 is 1.00 bits per heavy atom. The summed E-state index contributed by atoms with van der Waals surface area (Å²) in [6.45, 7) is 4.07. The van der Waals surface area contributed by atoms with E-state index < -0.39 is 0 Å². The molecule has 102 valence electrons. The summed E-state index contributed by atoms with van der Waals surface area (Å²) < 4.78 is 0. The van der Waals surface area contributed by atoms with Crippen molar-refractivity contribution in [3.05, 3.63) is 69.9 Å². The highest BCUT2D eigenvalue weighted by molar-refractivity contribution is 7.09. The Morgan fingerprint density at radius 3 is 2.67 bits per heavy atom. The molecule has 3 rings (SSSR count). The van der Waals surface area contributed by atoms with E-state index in [-0.39, 0.29) is 0 Å². The van der Waals surface area contributed by atoms with Gasteiger partial charge >= 0.3 is 0 Å². The molecule has 0 aliphatic rings. The zero-order chi connectivity index (χ0) is 14.7. The second-order valence-electron chi connectivity index (χ2n) is 4.83. The maximum atomic E-state index is 4.34. The number of thiazole rings is 1. The molecular formula is C18H14N2S. The third kappa shape index (κ3) is 3.36. The molecule has 21 heavy (non-hydrogen) atoms. The molecule has 0 fully saturated rings. The van der Waals surface area contributed by atoms with E-state index in [1.807, 2.05) is 18.5 Å². The fourth-order valence-corrected chi connectivity index (χ4v) is 2.59. The number of benzene rings is 1. The summed E-state index contributed by atoms with van der Waals surface area (Å²) in [6, 6.07) is 10.4. The van der Waals surface area contributed by atoms with Crippen LogP contribution in [0, 0.1) is 25.7 Å². The lowest BCUT2D eigenvalue weighted by Crippen LogP contribution is -1.84. The molecular weight excluding hydrogens is 276 g/mol. The second-order valence-corrected chi connectivity index (χ2v) is 5.90.